The van der Waals surface area contributed by atoms with Gasteiger partial charge in [-0.3, -0.25) is 15.5 Å². The van der Waals surface area contributed by atoms with Crippen molar-refractivity contribution >= 4 is 60.9 Å². The van der Waals surface area contributed by atoms with Crippen LogP contribution in [0.25, 0.3) is 10.2 Å². The Morgan fingerprint density at radius 1 is 0.933 bits per heavy atom. The standard InChI is InChI=1S/C20H14N6O2S.BrH/c27-26(28)16-12-10-15(11-13-16)24-22-19(14-6-2-1-3-7-14)23-25(24)20-21-17-8-4-5-9-18(17)29-20;/h1-13H,(H,22,23);1H. The molecule has 0 radical (unpaired) electrons. The summed E-state index contributed by atoms with van der Waals surface area (Å²) in [5.74, 6) is 0.656. The van der Waals surface area contributed by atoms with Gasteiger partial charge in [0.1, 0.15) is 0 Å². The predicted octanol–water partition coefficient (Wildman–Crippen LogP) is 4.89. The second kappa shape index (κ2) is 8.09. The molecule has 1 N–H and O–H groups in total. The smallest absolute Gasteiger partial charge is 0.258 e. The molecule has 0 spiro atoms. The van der Waals surface area contributed by atoms with E-state index < -0.39 is 4.92 Å². The number of nitro benzene ring substituents is 1. The summed E-state index contributed by atoms with van der Waals surface area (Å²) in [6.45, 7) is 0. The zero-order chi connectivity index (χ0) is 19.8. The van der Waals surface area contributed by atoms with Gasteiger partial charge in [0.05, 0.1) is 20.8 Å². The fraction of sp³-hybridized carbons (Fsp3) is 0. The summed E-state index contributed by atoms with van der Waals surface area (Å²) in [6.07, 6.45) is 0. The molecule has 5 rings (SSSR count). The number of amidine groups is 1. The molecule has 0 unspecified atom stereocenters. The molecule has 0 saturated heterocycles. The summed E-state index contributed by atoms with van der Waals surface area (Å²) in [4.78, 5) is 15.3. The number of benzene rings is 3. The second-order valence-corrected chi connectivity index (χ2v) is 7.27. The molecule has 0 saturated carbocycles. The Labute approximate surface area is 185 Å². The maximum absolute atomic E-state index is 11.0. The first-order chi connectivity index (χ1) is 14.2. The highest BCUT2D eigenvalue weighted by atomic mass is 79.9. The zero-order valence-electron chi connectivity index (χ0n) is 15.4. The highest BCUT2D eigenvalue weighted by Gasteiger charge is 2.29. The van der Waals surface area contributed by atoms with Gasteiger partial charge in [-0.05, 0) is 24.3 Å². The lowest BCUT2D eigenvalue weighted by atomic mass is 10.2. The number of aromatic nitrogens is 1. The Morgan fingerprint density at radius 2 is 1.63 bits per heavy atom. The van der Waals surface area contributed by atoms with Crippen LogP contribution in [0.3, 0.4) is 0 Å². The molecule has 1 aromatic heterocycles. The van der Waals surface area contributed by atoms with Gasteiger partial charge in [0, 0.05) is 17.7 Å². The van der Waals surface area contributed by atoms with Crippen LogP contribution in [-0.2, 0) is 0 Å². The number of rotatable bonds is 4. The number of hydrogen-bond donors (Lipinski definition) is 1. The van der Waals surface area contributed by atoms with E-state index in [2.05, 4.69) is 5.43 Å². The van der Waals surface area contributed by atoms with Crippen LogP contribution in [0.5, 0.6) is 0 Å². The number of nitrogens with zero attached hydrogens (tertiary/aromatic N) is 5. The Balaban J connectivity index is 0.00000218. The van der Waals surface area contributed by atoms with Crippen LogP contribution in [0.2, 0.25) is 0 Å². The van der Waals surface area contributed by atoms with E-state index in [1.54, 1.807) is 22.4 Å². The van der Waals surface area contributed by atoms with Crippen molar-refractivity contribution in [2.75, 3.05) is 10.2 Å². The van der Waals surface area contributed by atoms with Gasteiger partial charge in [-0.2, -0.15) is 0 Å². The van der Waals surface area contributed by atoms with Crippen molar-refractivity contribution in [3.63, 3.8) is 0 Å². The number of hydrazine groups is 2. The first-order valence-corrected chi connectivity index (χ1v) is 9.61. The number of nitro groups is 1. The largest absolute Gasteiger partial charge is 0.269 e. The van der Waals surface area contributed by atoms with E-state index in [1.807, 2.05) is 54.6 Å². The maximum Gasteiger partial charge on any atom is 0.269 e. The summed E-state index contributed by atoms with van der Waals surface area (Å²) in [5.41, 5.74) is 5.81. The van der Waals surface area contributed by atoms with Crippen LogP contribution >= 0.6 is 28.3 Å². The summed E-state index contributed by atoms with van der Waals surface area (Å²) in [5, 5.41) is 19.8. The van der Waals surface area contributed by atoms with E-state index in [4.69, 9.17) is 10.1 Å². The number of thiazole rings is 1. The van der Waals surface area contributed by atoms with Gasteiger partial charge in [0.15, 0.2) is 5.84 Å². The minimum atomic E-state index is -0.421. The van der Waals surface area contributed by atoms with Crippen LogP contribution in [0.15, 0.2) is 84.0 Å². The minimum absolute atomic E-state index is 0. The summed E-state index contributed by atoms with van der Waals surface area (Å²) >= 11 is 1.53. The predicted molar refractivity (Wildman–Crippen MR) is 124 cm³/mol. The highest BCUT2D eigenvalue weighted by Crippen LogP contribution is 2.33. The molecule has 0 aliphatic carbocycles. The molecule has 10 heteroatoms. The number of hydrogen-bond acceptors (Lipinski definition) is 8. The second-order valence-electron chi connectivity index (χ2n) is 6.27. The fourth-order valence-electron chi connectivity index (χ4n) is 2.99. The number of fused-ring (bicyclic) bond motifs is 1. The number of anilines is 2. The van der Waals surface area contributed by atoms with Gasteiger partial charge < -0.3 is 0 Å². The molecule has 8 nitrogen and oxygen atoms in total. The Bertz CT molecular complexity index is 1200. The lowest BCUT2D eigenvalue weighted by Gasteiger charge is -2.25. The quantitative estimate of drug-likeness (QED) is 0.329. The third-order valence-corrected chi connectivity index (χ3v) is 5.41. The zero-order valence-corrected chi connectivity index (χ0v) is 17.9. The molecule has 0 amide bonds. The fourth-order valence-corrected chi connectivity index (χ4v) is 3.90. The third kappa shape index (κ3) is 3.58. The van der Waals surface area contributed by atoms with Gasteiger partial charge in [0.25, 0.3) is 5.69 Å². The molecule has 1 aliphatic heterocycles. The average molecular weight is 483 g/mol. The summed E-state index contributed by atoms with van der Waals surface area (Å²) in [7, 11) is 0. The van der Waals surface area contributed by atoms with Gasteiger partial charge in [0.2, 0.25) is 5.13 Å². The first-order valence-electron chi connectivity index (χ1n) is 8.80. The molecule has 30 heavy (non-hydrogen) atoms. The van der Waals surface area contributed by atoms with E-state index in [0.29, 0.717) is 16.7 Å². The van der Waals surface area contributed by atoms with Gasteiger partial charge in [-0.25, -0.2) is 4.98 Å². The molecule has 2 heterocycles. The van der Waals surface area contributed by atoms with Gasteiger partial charge in [-0.1, -0.05) is 53.8 Å². The maximum atomic E-state index is 11.0. The summed E-state index contributed by atoms with van der Waals surface area (Å²) in [6, 6.07) is 23.9. The van der Waals surface area contributed by atoms with Crippen LogP contribution < -0.4 is 15.7 Å². The lowest BCUT2D eigenvalue weighted by molar-refractivity contribution is -0.384. The van der Waals surface area contributed by atoms with Gasteiger partial charge >= 0.3 is 0 Å². The number of non-ortho nitro benzene ring substituents is 1. The number of hydrazone groups is 1. The topological polar surface area (TPSA) is 86.9 Å². The molecule has 0 fully saturated rings. The molecular formula is C20H15BrN6O2S. The molecule has 4 aromatic rings. The lowest BCUT2D eigenvalue weighted by Crippen LogP contribution is -2.44. The van der Waals surface area contributed by atoms with Crippen LogP contribution in [-0.4, -0.2) is 15.7 Å². The van der Waals surface area contributed by atoms with Crippen molar-refractivity contribution in [2.24, 2.45) is 5.10 Å². The Morgan fingerprint density at radius 3 is 2.33 bits per heavy atom. The van der Waals surface area contributed by atoms with Crippen LogP contribution in [0, 0.1) is 10.1 Å². The SMILES string of the molecule is Br.O=[N+]([O-])c1ccc(N2N=C(c3ccccc3)NN2c2nc3ccccc3s2)cc1. The van der Waals surface area contributed by atoms with E-state index in [0.717, 1.165) is 15.8 Å². The van der Waals surface area contributed by atoms with Crippen molar-refractivity contribution in [3.05, 3.63) is 94.5 Å². The Kier molecular flexibility index (Phi) is 5.34. The van der Waals surface area contributed by atoms with E-state index in [1.165, 1.54) is 23.5 Å². The van der Waals surface area contributed by atoms with E-state index >= 15 is 0 Å². The first kappa shape index (κ1) is 19.8. The highest BCUT2D eigenvalue weighted by molar-refractivity contribution is 8.93. The van der Waals surface area contributed by atoms with Crippen LogP contribution in [0.4, 0.5) is 16.5 Å². The minimum Gasteiger partial charge on any atom is -0.258 e. The molecule has 150 valence electrons. The number of halogens is 1. The third-order valence-electron chi connectivity index (χ3n) is 4.40. The number of nitrogens with one attached hydrogen (secondary N) is 1. The van der Waals surface area contributed by atoms with Crippen molar-refractivity contribution in [1.82, 2.24) is 10.4 Å². The van der Waals surface area contributed by atoms with Crippen molar-refractivity contribution < 1.29 is 4.92 Å². The van der Waals surface area contributed by atoms with Crippen molar-refractivity contribution in [2.45, 2.75) is 0 Å². The summed E-state index contributed by atoms with van der Waals surface area (Å²) < 4.78 is 1.06. The van der Waals surface area contributed by atoms with E-state index in [-0.39, 0.29) is 22.7 Å². The van der Waals surface area contributed by atoms with E-state index in [9.17, 15) is 10.1 Å². The van der Waals surface area contributed by atoms with Crippen LogP contribution in [0.1, 0.15) is 5.56 Å². The number of para-hydroxylation sites is 1. The monoisotopic (exact) mass is 482 g/mol. The normalized spacial score (nSPS) is 13.0. The van der Waals surface area contributed by atoms with Gasteiger partial charge in [-0.15, -0.1) is 32.3 Å². The molecule has 0 bridgehead atoms. The Hall–Kier alpha value is -3.50. The molecule has 0 atom stereocenters. The molecular weight excluding hydrogens is 468 g/mol. The van der Waals surface area contributed by atoms with Crippen molar-refractivity contribution in [1.29, 1.82) is 0 Å². The van der Waals surface area contributed by atoms with Crippen molar-refractivity contribution in [3.8, 4) is 0 Å². The molecule has 1 aliphatic rings. The average Bonchev–Trinajstić information content (AvgIpc) is 3.39. The molecule has 3 aromatic carbocycles.